The lowest BCUT2D eigenvalue weighted by molar-refractivity contribution is 0.122. The Morgan fingerprint density at radius 3 is 2.90 bits per heavy atom. The quantitative estimate of drug-likeness (QED) is 0.896. The molecule has 2 fully saturated rings. The lowest BCUT2D eigenvalue weighted by Gasteiger charge is -2.32. The van der Waals surface area contributed by atoms with Gasteiger partial charge in [0.25, 0.3) is 0 Å². The first-order valence-corrected chi connectivity index (χ1v) is 8.55. The second-order valence-corrected chi connectivity index (χ2v) is 6.85. The summed E-state index contributed by atoms with van der Waals surface area (Å²) in [6, 6.07) is 7.32. The maximum absolute atomic E-state index is 5.48. The van der Waals surface area contributed by atoms with Gasteiger partial charge in [-0.05, 0) is 37.7 Å². The third kappa shape index (κ3) is 3.77. The topological polar surface area (TPSA) is 27.7 Å². The highest BCUT2D eigenvalue weighted by Gasteiger charge is 2.21. The number of hydrogen-bond donors (Lipinski definition) is 1. The van der Waals surface area contributed by atoms with Gasteiger partial charge in [0.05, 0.1) is 13.2 Å². The Morgan fingerprint density at radius 1 is 1.38 bits per heavy atom. The second kappa shape index (κ2) is 7.09. The molecule has 0 aromatic heterocycles. The Kier molecular flexibility index (Phi) is 5.16. The van der Waals surface area contributed by atoms with Gasteiger partial charge in [-0.15, -0.1) is 0 Å². The summed E-state index contributed by atoms with van der Waals surface area (Å²) in [5.41, 5.74) is 2.76. The molecule has 5 heteroatoms. The largest absolute Gasteiger partial charge is 0.378 e. The Labute approximate surface area is 135 Å². The molecule has 0 radical (unpaired) electrons. The van der Waals surface area contributed by atoms with Gasteiger partial charge in [0.15, 0.2) is 0 Å². The van der Waals surface area contributed by atoms with Crippen LogP contribution in [0.4, 0.5) is 5.69 Å². The van der Waals surface area contributed by atoms with Crippen LogP contribution in [0.1, 0.15) is 12.0 Å². The molecule has 2 aliphatic heterocycles. The molecule has 2 aliphatic rings. The molecule has 1 aromatic rings. The minimum Gasteiger partial charge on any atom is -0.378 e. The molecule has 1 atom stereocenters. The van der Waals surface area contributed by atoms with Gasteiger partial charge in [-0.25, -0.2) is 0 Å². The fourth-order valence-electron chi connectivity index (χ4n) is 3.18. The van der Waals surface area contributed by atoms with Crippen LogP contribution in [-0.2, 0) is 11.3 Å². The standard InChI is InChI=1S/C16H24BrN3O/c1-19(15-4-5-18-11-15)12-13-2-3-14(17)10-16(13)20-6-8-21-9-7-20/h2-3,10,15,18H,4-9,11-12H2,1H3. The van der Waals surface area contributed by atoms with Crippen LogP contribution in [0.3, 0.4) is 0 Å². The summed E-state index contributed by atoms with van der Waals surface area (Å²) in [7, 11) is 2.24. The van der Waals surface area contributed by atoms with Gasteiger partial charge >= 0.3 is 0 Å². The van der Waals surface area contributed by atoms with Crippen molar-refractivity contribution < 1.29 is 4.74 Å². The highest BCUT2D eigenvalue weighted by Crippen LogP contribution is 2.27. The van der Waals surface area contributed by atoms with Crippen LogP contribution in [0, 0.1) is 0 Å². The molecule has 0 amide bonds. The van der Waals surface area contributed by atoms with Gasteiger partial charge in [-0.2, -0.15) is 0 Å². The van der Waals surface area contributed by atoms with E-state index < -0.39 is 0 Å². The van der Waals surface area contributed by atoms with Crippen LogP contribution in [0.15, 0.2) is 22.7 Å². The molecule has 0 saturated carbocycles. The van der Waals surface area contributed by atoms with E-state index >= 15 is 0 Å². The molecule has 1 N–H and O–H groups in total. The van der Waals surface area contributed by atoms with Gasteiger partial charge in [0.2, 0.25) is 0 Å². The first-order chi connectivity index (χ1) is 10.2. The van der Waals surface area contributed by atoms with Gasteiger partial charge in [-0.1, -0.05) is 22.0 Å². The SMILES string of the molecule is CN(Cc1ccc(Br)cc1N1CCOCC1)C1CCNC1. The van der Waals surface area contributed by atoms with Crippen molar-refractivity contribution in [2.45, 2.75) is 19.0 Å². The highest BCUT2D eigenvalue weighted by atomic mass is 79.9. The molecule has 4 nitrogen and oxygen atoms in total. The minimum atomic E-state index is 0.659. The minimum absolute atomic E-state index is 0.659. The molecule has 1 unspecified atom stereocenters. The Bertz CT molecular complexity index is 471. The van der Waals surface area contributed by atoms with Crippen molar-refractivity contribution in [1.82, 2.24) is 10.2 Å². The maximum Gasteiger partial charge on any atom is 0.0642 e. The molecule has 2 heterocycles. The van der Waals surface area contributed by atoms with Crippen molar-refractivity contribution in [1.29, 1.82) is 0 Å². The number of hydrogen-bond acceptors (Lipinski definition) is 4. The number of ether oxygens (including phenoxy) is 1. The second-order valence-electron chi connectivity index (χ2n) is 5.93. The number of anilines is 1. The normalized spacial score (nSPS) is 23.0. The summed E-state index contributed by atoms with van der Waals surface area (Å²) in [5.74, 6) is 0. The fraction of sp³-hybridized carbons (Fsp3) is 0.625. The van der Waals surface area contributed by atoms with Gasteiger partial charge in [0, 0.05) is 42.4 Å². The predicted molar refractivity (Wildman–Crippen MR) is 89.9 cm³/mol. The smallest absolute Gasteiger partial charge is 0.0642 e. The van der Waals surface area contributed by atoms with E-state index in [1.165, 1.54) is 17.7 Å². The van der Waals surface area contributed by atoms with Crippen molar-refractivity contribution in [3.63, 3.8) is 0 Å². The molecule has 0 spiro atoms. The third-order valence-corrected chi connectivity index (χ3v) is 4.97. The predicted octanol–water partition coefficient (Wildman–Crippen LogP) is 2.08. The van der Waals surface area contributed by atoms with Gasteiger partial charge in [-0.3, -0.25) is 4.90 Å². The van der Waals surface area contributed by atoms with Crippen LogP contribution in [0.2, 0.25) is 0 Å². The van der Waals surface area contributed by atoms with Crippen LogP contribution >= 0.6 is 15.9 Å². The monoisotopic (exact) mass is 353 g/mol. The van der Waals surface area contributed by atoms with E-state index in [0.29, 0.717) is 6.04 Å². The first-order valence-electron chi connectivity index (χ1n) is 7.76. The van der Waals surface area contributed by atoms with Crippen molar-refractivity contribution >= 4 is 21.6 Å². The van der Waals surface area contributed by atoms with Crippen molar-refractivity contribution in [3.05, 3.63) is 28.2 Å². The van der Waals surface area contributed by atoms with Crippen LogP contribution in [0.25, 0.3) is 0 Å². The number of halogens is 1. The lowest BCUT2D eigenvalue weighted by atomic mass is 10.1. The molecular formula is C16H24BrN3O. The summed E-state index contributed by atoms with van der Waals surface area (Å²) in [6.45, 7) is 6.89. The van der Waals surface area contributed by atoms with E-state index in [0.717, 1.165) is 50.4 Å². The van der Waals surface area contributed by atoms with E-state index in [9.17, 15) is 0 Å². The van der Waals surface area contributed by atoms with E-state index in [1.807, 2.05) is 0 Å². The van der Waals surface area contributed by atoms with Gasteiger partial charge in [0.1, 0.15) is 0 Å². The highest BCUT2D eigenvalue weighted by molar-refractivity contribution is 9.10. The Hall–Kier alpha value is -0.620. The molecule has 3 rings (SSSR count). The molecule has 2 saturated heterocycles. The van der Waals surface area contributed by atoms with Crippen molar-refractivity contribution in [2.24, 2.45) is 0 Å². The van der Waals surface area contributed by atoms with E-state index in [1.54, 1.807) is 0 Å². The third-order valence-electron chi connectivity index (χ3n) is 4.48. The molecule has 0 aliphatic carbocycles. The average Bonchev–Trinajstić information content (AvgIpc) is 3.04. The zero-order chi connectivity index (χ0) is 14.7. The maximum atomic E-state index is 5.48. The number of nitrogens with one attached hydrogen (secondary N) is 1. The van der Waals surface area contributed by atoms with E-state index in [4.69, 9.17) is 4.74 Å². The lowest BCUT2D eigenvalue weighted by Crippen LogP contribution is -2.38. The van der Waals surface area contributed by atoms with Crippen LogP contribution in [0.5, 0.6) is 0 Å². The molecule has 1 aromatic carbocycles. The first kappa shape index (κ1) is 15.3. The Balaban J connectivity index is 1.76. The number of morpholine rings is 1. The summed E-state index contributed by atoms with van der Waals surface area (Å²) in [6.07, 6.45) is 1.25. The summed E-state index contributed by atoms with van der Waals surface area (Å²) >= 11 is 3.61. The number of nitrogens with zero attached hydrogens (tertiary/aromatic N) is 2. The van der Waals surface area contributed by atoms with Crippen molar-refractivity contribution in [2.75, 3.05) is 51.3 Å². The molecule has 116 valence electrons. The van der Waals surface area contributed by atoms with Crippen LogP contribution in [-0.4, -0.2) is 57.4 Å². The number of benzene rings is 1. The number of rotatable bonds is 4. The summed E-state index contributed by atoms with van der Waals surface area (Å²) in [4.78, 5) is 4.93. The summed E-state index contributed by atoms with van der Waals surface area (Å²) in [5, 5.41) is 3.45. The average molecular weight is 354 g/mol. The Morgan fingerprint density at radius 2 is 2.19 bits per heavy atom. The molecule has 0 bridgehead atoms. The zero-order valence-corrected chi connectivity index (χ0v) is 14.2. The van der Waals surface area contributed by atoms with E-state index in [-0.39, 0.29) is 0 Å². The van der Waals surface area contributed by atoms with Gasteiger partial charge < -0.3 is 15.0 Å². The zero-order valence-electron chi connectivity index (χ0n) is 12.6. The van der Waals surface area contributed by atoms with E-state index in [2.05, 4.69) is 56.3 Å². The fourth-order valence-corrected chi connectivity index (χ4v) is 3.53. The van der Waals surface area contributed by atoms with Crippen LogP contribution < -0.4 is 10.2 Å². The molecular weight excluding hydrogens is 330 g/mol. The summed E-state index contributed by atoms with van der Waals surface area (Å²) < 4.78 is 6.63. The number of likely N-dealkylation sites (N-methyl/N-ethyl adjacent to an activating group) is 1. The van der Waals surface area contributed by atoms with Crippen molar-refractivity contribution in [3.8, 4) is 0 Å². The molecule has 21 heavy (non-hydrogen) atoms.